The Labute approximate surface area is 163 Å². The van der Waals surface area contributed by atoms with Crippen molar-refractivity contribution in [3.63, 3.8) is 0 Å². The smallest absolute Gasteiger partial charge is 0.420 e. The predicted molar refractivity (Wildman–Crippen MR) is 101 cm³/mol. The number of ether oxygens (including phenoxy) is 1. The Morgan fingerprint density at radius 3 is 2.62 bits per heavy atom. The van der Waals surface area contributed by atoms with Crippen molar-refractivity contribution in [2.24, 2.45) is 12.1 Å². The number of para-hydroxylation sites is 1. The van der Waals surface area contributed by atoms with Gasteiger partial charge in [0.25, 0.3) is 0 Å². The Balaban J connectivity index is 2.02. The molecule has 152 valence electrons. The monoisotopic (exact) mass is 406 g/mol. The molecule has 0 atom stereocenters. The summed E-state index contributed by atoms with van der Waals surface area (Å²) in [5, 5.41) is 9.08. The van der Waals surface area contributed by atoms with Gasteiger partial charge >= 0.3 is 17.9 Å². The summed E-state index contributed by atoms with van der Waals surface area (Å²) in [7, 11) is 4.21. The molecule has 0 saturated heterocycles. The zero-order valence-corrected chi connectivity index (χ0v) is 15.8. The van der Waals surface area contributed by atoms with Crippen LogP contribution in [-0.4, -0.2) is 39.7 Å². The van der Waals surface area contributed by atoms with E-state index in [2.05, 4.69) is 15.2 Å². The average molecular weight is 406 g/mol. The van der Waals surface area contributed by atoms with Crippen molar-refractivity contribution in [1.29, 1.82) is 0 Å². The Hall–Kier alpha value is -3.63. The number of nitrogens with zero attached hydrogens (tertiary/aromatic N) is 6. The van der Waals surface area contributed by atoms with Crippen LogP contribution in [0.4, 0.5) is 19.0 Å². The van der Waals surface area contributed by atoms with E-state index < -0.39 is 17.4 Å². The molecule has 3 aromatic rings. The Kier molecular flexibility index (Phi) is 5.39. The standard InChI is InChI=1S/C18H17F3N6O2/c1-25(15-13(18(19,20)21)8-6-10-22-15)23-11-12-7-4-5-9-14(12)27-16(29-3)24-26(2)17(27)28/h4-11H,1-3H3. The topological polar surface area (TPSA) is 77.5 Å². The second-order valence-electron chi connectivity index (χ2n) is 5.93. The second kappa shape index (κ2) is 7.78. The number of methoxy groups -OCH3 is 1. The van der Waals surface area contributed by atoms with Crippen LogP contribution >= 0.6 is 0 Å². The highest BCUT2D eigenvalue weighted by Gasteiger charge is 2.35. The molecule has 0 fully saturated rings. The molecule has 0 bridgehead atoms. The van der Waals surface area contributed by atoms with Gasteiger partial charge in [0.2, 0.25) is 0 Å². The van der Waals surface area contributed by atoms with E-state index in [-0.39, 0.29) is 11.8 Å². The largest absolute Gasteiger partial charge is 0.467 e. The van der Waals surface area contributed by atoms with Gasteiger partial charge in [0.05, 0.1) is 24.6 Å². The van der Waals surface area contributed by atoms with E-state index in [1.54, 1.807) is 24.3 Å². The lowest BCUT2D eigenvalue weighted by Crippen LogP contribution is -2.22. The minimum absolute atomic E-state index is 0.0655. The van der Waals surface area contributed by atoms with Gasteiger partial charge in [0.1, 0.15) is 0 Å². The Morgan fingerprint density at radius 2 is 1.93 bits per heavy atom. The number of pyridine rings is 1. The molecule has 0 unspecified atom stereocenters. The lowest BCUT2D eigenvalue weighted by Gasteiger charge is -2.17. The van der Waals surface area contributed by atoms with E-state index in [1.807, 2.05) is 0 Å². The SMILES string of the molecule is COc1nn(C)c(=O)n1-c1ccccc1C=NN(C)c1ncccc1C(F)(F)F. The van der Waals surface area contributed by atoms with Crippen molar-refractivity contribution in [3.8, 4) is 11.7 Å². The van der Waals surface area contributed by atoms with Crippen molar-refractivity contribution in [2.45, 2.75) is 6.18 Å². The van der Waals surface area contributed by atoms with Crippen LogP contribution in [0.1, 0.15) is 11.1 Å². The molecule has 1 aromatic carbocycles. The fourth-order valence-corrected chi connectivity index (χ4v) is 2.66. The molecule has 8 nitrogen and oxygen atoms in total. The summed E-state index contributed by atoms with van der Waals surface area (Å²) in [6, 6.07) is 8.93. The van der Waals surface area contributed by atoms with Crippen molar-refractivity contribution >= 4 is 12.0 Å². The highest BCUT2D eigenvalue weighted by Crippen LogP contribution is 2.34. The third-order valence-electron chi connectivity index (χ3n) is 4.02. The number of aryl methyl sites for hydroxylation is 1. The van der Waals surface area contributed by atoms with E-state index in [4.69, 9.17) is 4.74 Å². The van der Waals surface area contributed by atoms with Gasteiger partial charge < -0.3 is 4.74 Å². The van der Waals surface area contributed by atoms with Crippen LogP contribution in [0.15, 0.2) is 52.5 Å². The summed E-state index contributed by atoms with van der Waals surface area (Å²) < 4.78 is 47.1. The van der Waals surface area contributed by atoms with Gasteiger partial charge in [-0.15, -0.1) is 5.10 Å². The third-order valence-corrected chi connectivity index (χ3v) is 4.02. The first kappa shape index (κ1) is 20.1. The van der Waals surface area contributed by atoms with Crippen LogP contribution in [0.3, 0.4) is 0 Å². The van der Waals surface area contributed by atoms with E-state index in [9.17, 15) is 18.0 Å². The lowest BCUT2D eigenvalue weighted by atomic mass is 10.2. The summed E-state index contributed by atoms with van der Waals surface area (Å²) in [6.07, 6.45) is -1.98. The van der Waals surface area contributed by atoms with Crippen molar-refractivity contribution in [1.82, 2.24) is 19.3 Å². The van der Waals surface area contributed by atoms with Gasteiger partial charge in [-0.05, 0) is 18.2 Å². The molecule has 0 radical (unpaired) electrons. The van der Waals surface area contributed by atoms with Crippen LogP contribution in [0.2, 0.25) is 0 Å². The van der Waals surface area contributed by atoms with Crippen molar-refractivity contribution in [3.05, 3.63) is 64.2 Å². The minimum Gasteiger partial charge on any atom is -0.467 e. The summed E-state index contributed by atoms with van der Waals surface area (Å²) in [4.78, 5) is 16.2. The molecule has 0 aliphatic heterocycles. The molecule has 11 heteroatoms. The first-order valence-electron chi connectivity index (χ1n) is 8.33. The highest BCUT2D eigenvalue weighted by atomic mass is 19.4. The van der Waals surface area contributed by atoms with Gasteiger partial charge in [0, 0.05) is 25.9 Å². The maximum atomic E-state index is 13.2. The molecule has 0 aliphatic rings. The molecule has 29 heavy (non-hydrogen) atoms. The molecule has 2 aromatic heterocycles. The summed E-state index contributed by atoms with van der Waals surface area (Å²) in [5.41, 5.74) is -0.466. The maximum Gasteiger partial charge on any atom is 0.420 e. The van der Waals surface area contributed by atoms with Crippen LogP contribution in [0.5, 0.6) is 6.01 Å². The summed E-state index contributed by atoms with van der Waals surface area (Å²) in [5.74, 6) is -0.343. The number of alkyl halides is 3. The van der Waals surface area contributed by atoms with Gasteiger partial charge in [-0.2, -0.15) is 18.3 Å². The minimum atomic E-state index is -4.57. The van der Waals surface area contributed by atoms with Gasteiger partial charge in [-0.25, -0.2) is 19.0 Å². The molecule has 0 saturated carbocycles. The number of anilines is 1. The lowest BCUT2D eigenvalue weighted by molar-refractivity contribution is -0.137. The average Bonchev–Trinajstić information content (AvgIpc) is 2.99. The molecule has 0 N–H and O–H groups in total. The number of rotatable bonds is 5. The molecule has 0 spiro atoms. The number of hydrazone groups is 1. The molecule has 0 aliphatic carbocycles. The zero-order chi connectivity index (χ0) is 21.2. The predicted octanol–water partition coefficient (Wildman–Crippen LogP) is 2.46. The number of benzene rings is 1. The van der Waals surface area contributed by atoms with E-state index >= 15 is 0 Å². The van der Waals surface area contributed by atoms with E-state index in [1.165, 1.54) is 44.3 Å². The first-order valence-corrected chi connectivity index (χ1v) is 8.33. The number of hydrogen-bond acceptors (Lipinski definition) is 6. The fraction of sp³-hybridized carbons (Fsp3) is 0.222. The Morgan fingerprint density at radius 1 is 1.21 bits per heavy atom. The normalized spacial score (nSPS) is 11.8. The number of halogens is 3. The van der Waals surface area contributed by atoms with Gasteiger partial charge in [0.15, 0.2) is 5.82 Å². The zero-order valence-electron chi connectivity index (χ0n) is 15.8. The molecular formula is C18H17F3N6O2. The molecule has 2 heterocycles. The quantitative estimate of drug-likeness (QED) is 0.481. The summed E-state index contributed by atoms with van der Waals surface area (Å²) >= 11 is 0. The van der Waals surface area contributed by atoms with Crippen LogP contribution < -0.4 is 15.4 Å². The second-order valence-corrected chi connectivity index (χ2v) is 5.93. The number of aromatic nitrogens is 4. The van der Waals surface area contributed by atoms with Crippen molar-refractivity contribution in [2.75, 3.05) is 19.2 Å². The van der Waals surface area contributed by atoms with E-state index in [0.29, 0.717) is 11.3 Å². The number of hydrogen-bond donors (Lipinski definition) is 0. The molecule has 0 amide bonds. The van der Waals surface area contributed by atoms with Gasteiger partial charge in [-0.3, -0.25) is 5.01 Å². The third kappa shape index (κ3) is 3.98. The highest BCUT2D eigenvalue weighted by molar-refractivity contribution is 5.85. The van der Waals surface area contributed by atoms with E-state index in [0.717, 1.165) is 15.8 Å². The first-order chi connectivity index (χ1) is 13.7. The maximum absolute atomic E-state index is 13.2. The van der Waals surface area contributed by atoms with Gasteiger partial charge in [-0.1, -0.05) is 18.2 Å². The summed E-state index contributed by atoms with van der Waals surface area (Å²) in [6.45, 7) is 0. The van der Waals surface area contributed by atoms with Crippen LogP contribution in [0, 0.1) is 0 Å². The molecular weight excluding hydrogens is 389 g/mol. The van der Waals surface area contributed by atoms with Crippen LogP contribution in [-0.2, 0) is 13.2 Å². The molecule has 3 rings (SSSR count). The van der Waals surface area contributed by atoms with Crippen LogP contribution in [0.25, 0.3) is 5.69 Å². The Bertz CT molecular complexity index is 1100. The fourth-order valence-electron chi connectivity index (χ4n) is 2.66. The van der Waals surface area contributed by atoms with Crippen molar-refractivity contribution < 1.29 is 17.9 Å².